The van der Waals surface area contributed by atoms with Crippen molar-refractivity contribution in [1.29, 1.82) is 0 Å². The minimum Gasteiger partial charge on any atom is -0.384 e. The number of hydrogen-bond acceptors (Lipinski definition) is 2. The van der Waals surface area contributed by atoms with Gasteiger partial charge in [-0.2, -0.15) is 5.10 Å². The lowest BCUT2D eigenvalue weighted by atomic mass is 10.1. The second kappa shape index (κ2) is 3.91. The zero-order valence-corrected chi connectivity index (χ0v) is 10.1. The monoisotopic (exact) mass is 227 g/mol. The van der Waals surface area contributed by atoms with E-state index in [2.05, 4.69) is 36.3 Å². The van der Waals surface area contributed by atoms with Crippen molar-refractivity contribution in [2.45, 2.75) is 32.7 Å². The summed E-state index contributed by atoms with van der Waals surface area (Å²) in [7, 11) is 0. The highest BCUT2D eigenvalue weighted by Crippen LogP contribution is 2.26. The smallest absolute Gasteiger partial charge is 0.125 e. The van der Waals surface area contributed by atoms with Crippen molar-refractivity contribution in [3.05, 3.63) is 46.6 Å². The van der Waals surface area contributed by atoms with Gasteiger partial charge in [0.15, 0.2) is 0 Å². The van der Waals surface area contributed by atoms with E-state index in [-0.39, 0.29) is 0 Å². The number of anilines is 1. The summed E-state index contributed by atoms with van der Waals surface area (Å²) in [6, 6.07) is 8.50. The van der Waals surface area contributed by atoms with Gasteiger partial charge in [0.05, 0.1) is 12.2 Å². The van der Waals surface area contributed by atoms with Crippen molar-refractivity contribution < 1.29 is 0 Å². The molecular formula is C14H17N3. The third-order valence-electron chi connectivity index (χ3n) is 3.43. The molecule has 2 N–H and O–H groups in total. The van der Waals surface area contributed by atoms with E-state index in [0.717, 1.165) is 25.2 Å². The highest BCUT2D eigenvalue weighted by Gasteiger charge is 2.20. The molecule has 3 heteroatoms. The molecule has 0 radical (unpaired) electrons. The number of nitrogens with zero attached hydrogens (tertiary/aromatic N) is 2. The SMILES string of the molecule is Cc1cccc(Cn2nc3c(c2N)CCC3)c1. The molecule has 0 amide bonds. The van der Waals surface area contributed by atoms with E-state index in [4.69, 9.17) is 5.73 Å². The summed E-state index contributed by atoms with van der Waals surface area (Å²) in [4.78, 5) is 0. The van der Waals surface area contributed by atoms with Crippen LogP contribution in [0.2, 0.25) is 0 Å². The maximum Gasteiger partial charge on any atom is 0.125 e. The number of nitrogens with two attached hydrogens (primary N) is 1. The second-order valence-electron chi connectivity index (χ2n) is 4.81. The fourth-order valence-electron chi connectivity index (χ4n) is 2.57. The molecule has 0 atom stereocenters. The van der Waals surface area contributed by atoms with Gasteiger partial charge in [-0.15, -0.1) is 0 Å². The van der Waals surface area contributed by atoms with Crippen LogP contribution in [-0.2, 0) is 19.4 Å². The summed E-state index contributed by atoms with van der Waals surface area (Å²) >= 11 is 0. The fraction of sp³-hybridized carbons (Fsp3) is 0.357. The summed E-state index contributed by atoms with van der Waals surface area (Å²) in [5.74, 6) is 0.860. The Kier molecular flexibility index (Phi) is 2.39. The lowest BCUT2D eigenvalue weighted by molar-refractivity contribution is 0.673. The molecular weight excluding hydrogens is 210 g/mol. The number of hydrogen-bond donors (Lipinski definition) is 1. The molecule has 0 unspecified atom stereocenters. The number of aryl methyl sites for hydroxylation is 2. The average molecular weight is 227 g/mol. The second-order valence-corrected chi connectivity index (χ2v) is 4.81. The summed E-state index contributed by atoms with van der Waals surface area (Å²) < 4.78 is 1.94. The molecule has 0 fully saturated rings. The molecule has 3 nitrogen and oxygen atoms in total. The van der Waals surface area contributed by atoms with Gasteiger partial charge in [0.2, 0.25) is 0 Å². The minimum atomic E-state index is 0.778. The highest BCUT2D eigenvalue weighted by molar-refractivity contribution is 5.46. The minimum absolute atomic E-state index is 0.778. The summed E-state index contributed by atoms with van der Waals surface area (Å²) in [6.07, 6.45) is 3.38. The number of benzene rings is 1. The zero-order valence-electron chi connectivity index (χ0n) is 10.1. The first-order chi connectivity index (χ1) is 8.24. The Balaban J connectivity index is 1.91. The Morgan fingerprint density at radius 2 is 2.24 bits per heavy atom. The van der Waals surface area contributed by atoms with Crippen molar-refractivity contribution in [3.63, 3.8) is 0 Å². The fourth-order valence-corrected chi connectivity index (χ4v) is 2.57. The summed E-state index contributed by atoms with van der Waals surface area (Å²) in [5, 5.41) is 4.61. The third-order valence-corrected chi connectivity index (χ3v) is 3.43. The van der Waals surface area contributed by atoms with E-state index in [1.165, 1.54) is 28.8 Å². The van der Waals surface area contributed by atoms with E-state index < -0.39 is 0 Å². The number of rotatable bonds is 2. The molecule has 88 valence electrons. The topological polar surface area (TPSA) is 43.8 Å². The summed E-state index contributed by atoms with van der Waals surface area (Å²) in [6.45, 7) is 2.89. The number of fused-ring (bicyclic) bond motifs is 1. The molecule has 1 aromatic carbocycles. The molecule has 2 aromatic rings. The van der Waals surface area contributed by atoms with Gasteiger partial charge in [-0.1, -0.05) is 29.8 Å². The maximum absolute atomic E-state index is 6.14. The largest absolute Gasteiger partial charge is 0.384 e. The first-order valence-electron chi connectivity index (χ1n) is 6.13. The maximum atomic E-state index is 6.14. The lowest BCUT2D eigenvalue weighted by Gasteiger charge is -2.06. The molecule has 0 aliphatic heterocycles. The molecule has 0 spiro atoms. The quantitative estimate of drug-likeness (QED) is 0.855. The third kappa shape index (κ3) is 1.82. The Morgan fingerprint density at radius 1 is 1.35 bits per heavy atom. The van der Waals surface area contributed by atoms with Gasteiger partial charge >= 0.3 is 0 Å². The molecule has 1 aliphatic rings. The van der Waals surface area contributed by atoms with Crippen molar-refractivity contribution in [3.8, 4) is 0 Å². The van der Waals surface area contributed by atoms with E-state index >= 15 is 0 Å². The van der Waals surface area contributed by atoms with Gasteiger partial charge in [0, 0.05) is 5.56 Å². The van der Waals surface area contributed by atoms with Gasteiger partial charge in [0.25, 0.3) is 0 Å². The van der Waals surface area contributed by atoms with Crippen LogP contribution in [-0.4, -0.2) is 9.78 Å². The number of nitrogen functional groups attached to an aromatic ring is 1. The zero-order chi connectivity index (χ0) is 11.8. The van der Waals surface area contributed by atoms with E-state index in [1.807, 2.05) is 4.68 Å². The number of aromatic nitrogens is 2. The lowest BCUT2D eigenvalue weighted by Crippen LogP contribution is -2.07. The van der Waals surface area contributed by atoms with E-state index in [9.17, 15) is 0 Å². The van der Waals surface area contributed by atoms with Crippen molar-refractivity contribution in [2.24, 2.45) is 0 Å². The van der Waals surface area contributed by atoms with Crippen molar-refractivity contribution in [1.82, 2.24) is 9.78 Å². The first kappa shape index (κ1) is 10.4. The highest BCUT2D eigenvalue weighted by atomic mass is 15.3. The Labute approximate surface area is 101 Å². The Morgan fingerprint density at radius 3 is 3.00 bits per heavy atom. The predicted octanol–water partition coefficient (Wildman–Crippen LogP) is 2.31. The molecule has 17 heavy (non-hydrogen) atoms. The first-order valence-corrected chi connectivity index (χ1v) is 6.13. The molecule has 1 aliphatic carbocycles. The van der Waals surface area contributed by atoms with Crippen molar-refractivity contribution in [2.75, 3.05) is 5.73 Å². The van der Waals surface area contributed by atoms with Gasteiger partial charge in [-0.3, -0.25) is 0 Å². The molecule has 0 saturated carbocycles. The van der Waals surface area contributed by atoms with Crippen molar-refractivity contribution >= 4 is 5.82 Å². The molecule has 0 saturated heterocycles. The van der Waals surface area contributed by atoms with Gasteiger partial charge < -0.3 is 5.73 Å². The van der Waals surface area contributed by atoms with E-state index in [1.54, 1.807) is 0 Å². The Hall–Kier alpha value is -1.77. The molecule has 0 bridgehead atoms. The standard InChI is InChI=1S/C14H17N3/c1-10-4-2-5-11(8-10)9-17-14(15)12-6-3-7-13(12)16-17/h2,4-5,8H,3,6-7,9,15H2,1H3. The normalized spacial score (nSPS) is 13.9. The van der Waals surface area contributed by atoms with Crippen LogP contribution in [0.1, 0.15) is 28.8 Å². The Bertz CT molecular complexity index is 555. The van der Waals surface area contributed by atoms with Crippen LogP contribution < -0.4 is 5.73 Å². The van der Waals surface area contributed by atoms with Gasteiger partial charge in [-0.05, 0) is 31.7 Å². The van der Waals surface area contributed by atoms with Crippen LogP contribution in [0.25, 0.3) is 0 Å². The van der Waals surface area contributed by atoms with Crippen LogP contribution in [0.4, 0.5) is 5.82 Å². The van der Waals surface area contributed by atoms with Crippen LogP contribution in [0.5, 0.6) is 0 Å². The van der Waals surface area contributed by atoms with Gasteiger partial charge in [-0.25, -0.2) is 4.68 Å². The van der Waals surface area contributed by atoms with Crippen LogP contribution in [0, 0.1) is 6.92 Å². The predicted molar refractivity (Wildman–Crippen MR) is 68.9 cm³/mol. The molecule has 1 aromatic heterocycles. The van der Waals surface area contributed by atoms with Gasteiger partial charge in [0.1, 0.15) is 5.82 Å². The molecule has 1 heterocycles. The average Bonchev–Trinajstić information content (AvgIpc) is 2.84. The van der Waals surface area contributed by atoms with E-state index in [0.29, 0.717) is 0 Å². The van der Waals surface area contributed by atoms with Crippen LogP contribution in [0.15, 0.2) is 24.3 Å². The van der Waals surface area contributed by atoms with Crippen LogP contribution in [0.3, 0.4) is 0 Å². The molecule has 3 rings (SSSR count). The summed E-state index contributed by atoms with van der Waals surface area (Å²) in [5.41, 5.74) is 11.2. The van der Waals surface area contributed by atoms with Crippen LogP contribution >= 0.6 is 0 Å².